The lowest BCUT2D eigenvalue weighted by atomic mass is 10.1. The number of pyridine rings is 1. The summed E-state index contributed by atoms with van der Waals surface area (Å²) in [7, 11) is 0. The summed E-state index contributed by atoms with van der Waals surface area (Å²) in [5.41, 5.74) is 3.04. The summed E-state index contributed by atoms with van der Waals surface area (Å²) in [6, 6.07) is 16.8. The van der Waals surface area contributed by atoms with Gasteiger partial charge in [-0.15, -0.1) is 0 Å². The highest BCUT2D eigenvalue weighted by molar-refractivity contribution is 5.99. The predicted molar refractivity (Wildman–Crippen MR) is 88.6 cm³/mol. The van der Waals surface area contributed by atoms with Gasteiger partial charge in [0.1, 0.15) is 11.3 Å². The highest BCUT2D eigenvalue weighted by Gasteiger charge is 2.18. The van der Waals surface area contributed by atoms with E-state index in [1.54, 1.807) is 6.07 Å². The Labute approximate surface area is 132 Å². The third kappa shape index (κ3) is 2.25. The van der Waals surface area contributed by atoms with Gasteiger partial charge in [-0.2, -0.15) is 0 Å². The topological polar surface area (TPSA) is 63.3 Å². The van der Waals surface area contributed by atoms with Crippen molar-refractivity contribution in [1.29, 1.82) is 0 Å². The van der Waals surface area contributed by atoms with Gasteiger partial charge in [0, 0.05) is 10.8 Å². The van der Waals surface area contributed by atoms with Crippen LogP contribution in [0.5, 0.6) is 0 Å². The number of carboxylic acids is 1. The molecule has 0 aliphatic heterocycles. The minimum Gasteiger partial charge on any atom is -0.478 e. The number of para-hydroxylation sites is 1. The maximum Gasteiger partial charge on any atom is 0.338 e. The fraction of sp³-hybridized carbons (Fsp3) is 0.0526. The number of aryl methyl sites for hydroxylation is 1. The highest BCUT2D eigenvalue weighted by atomic mass is 16.4. The van der Waals surface area contributed by atoms with Gasteiger partial charge in [0.2, 0.25) is 0 Å². The zero-order valence-corrected chi connectivity index (χ0v) is 12.4. The quantitative estimate of drug-likeness (QED) is 0.585. The van der Waals surface area contributed by atoms with Crippen LogP contribution in [0.15, 0.2) is 59.0 Å². The van der Waals surface area contributed by atoms with E-state index in [2.05, 4.69) is 4.98 Å². The standard InChI is InChI=1S/C19H13NO3/c1-11-6-7-13-10-17(23-16(13)8-11)18-14(19(21)22)9-12-4-2-3-5-15(12)20-18/h2-10H,1H3,(H,21,22). The molecule has 0 radical (unpaired) electrons. The fourth-order valence-electron chi connectivity index (χ4n) is 2.72. The van der Waals surface area contributed by atoms with Crippen LogP contribution in [0.1, 0.15) is 15.9 Å². The van der Waals surface area contributed by atoms with Gasteiger partial charge < -0.3 is 9.52 Å². The van der Waals surface area contributed by atoms with Gasteiger partial charge >= 0.3 is 5.97 Å². The van der Waals surface area contributed by atoms with Gasteiger partial charge in [-0.25, -0.2) is 9.78 Å². The molecule has 0 amide bonds. The molecule has 0 aliphatic rings. The Morgan fingerprint density at radius 2 is 1.87 bits per heavy atom. The van der Waals surface area contributed by atoms with Gasteiger partial charge in [0.25, 0.3) is 0 Å². The molecular formula is C19H13NO3. The van der Waals surface area contributed by atoms with Gasteiger partial charge in [0.05, 0.1) is 11.1 Å². The average Bonchev–Trinajstić information content (AvgIpc) is 2.96. The van der Waals surface area contributed by atoms with Gasteiger partial charge in [-0.05, 0) is 36.8 Å². The van der Waals surface area contributed by atoms with Crippen molar-refractivity contribution < 1.29 is 14.3 Å². The average molecular weight is 303 g/mol. The van der Waals surface area contributed by atoms with E-state index in [-0.39, 0.29) is 5.56 Å². The van der Waals surface area contributed by atoms with Gasteiger partial charge in [-0.3, -0.25) is 0 Å². The number of furan rings is 1. The SMILES string of the molecule is Cc1ccc2cc(-c3nc4ccccc4cc3C(=O)O)oc2c1. The number of hydrogen-bond donors (Lipinski definition) is 1. The van der Waals surface area contributed by atoms with Crippen molar-refractivity contribution in [2.45, 2.75) is 6.92 Å². The minimum atomic E-state index is -1.02. The fourth-order valence-corrected chi connectivity index (χ4v) is 2.72. The van der Waals surface area contributed by atoms with Crippen LogP contribution in [0.4, 0.5) is 0 Å². The molecule has 4 aromatic rings. The first-order chi connectivity index (χ1) is 11.1. The summed E-state index contributed by atoms with van der Waals surface area (Å²) in [4.78, 5) is 16.1. The van der Waals surface area contributed by atoms with Crippen LogP contribution >= 0.6 is 0 Å². The highest BCUT2D eigenvalue weighted by Crippen LogP contribution is 2.31. The van der Waals surface area contributed by atoms with Gasteiger partial charge in [-0.1, -0.05) is 30.3 Å². The third-order valence-electron chi connectivity index (χ3n) is 3.86. The second-order valence-electron chi connectivity index (χ2n) is 5.53. The molecular weight excluding hydrogens is 290 g/mol. The molecule has 2 aromatic heterocycles. The van der Waals surface area contributed by atoms with E-state index >= 15 is 0 Å². The summed E-state index contributed by atoms with van der Waals surface area (Å²) < 4.78 is 5.85. The second-order valence-corrected chi connectivity index (χ2v) is 5.53. The van der Waals surface area contributed by atoms with Crippen molar-refractivity contribution in [2.24, 2.45) is 0 Å². The molecule has 0 atom stereocenters. The van der Waals surface area contributed by atoms with E-state index in [4.69, 9.17) is 4.42 Å². The molecule has 4 rings (SSSR count). The number of fused-ring (bicyclic) bond motifs is 2. The third-order valence-corrected chi connectivity index (χ3v) is 3.86. The lowest BCUT2D eigenvalue weighted by Crippen LogP contribution is -2.01. The first-order valence-corrected chi connectivity index (χ1v) is 7.25. The Hall–Kier alpha value is -3.14. The van der Waals surface area contributed by atoms with Crippen molar-refractivity contribution in [3.8, 4) is 11.5 Å². The molecule has 0 saturated heterocycles. The molecule has 112 valence electrons. The smallest absolute Gasteiger partial charge is 0.338 e. The molecule has 23 heavy (non-hydrogen) atoms. The number of hydrogen-bond acceptors (Lipinski definition) is 3. The van der Waals surface area contributed by atoms with Crippen LogP contribution in [0.25, 0.3) is 33.3 Å². The van der Waals surface area contributed by atoms with E-state index in [1.165, 1.54) is 0 Å². The summed E-state index contributed by atoms with van der Waals surface area (Å²) >= 11 is 0. The molecule has 0 spiro atoms. The van der Waals surface area contributed by atoms with Crippen LogP contribution < -0.4 is 0 Å². The van der Waals surface area contributed by atoms with Crippen LogP contribution in [-0.2, 0) is 0 Å². The number of benzene rings is 2. The van der Waals surface area contributed by atoms with Gasteiger partial charge in [0.15, 0.2) is 5.76 Å². The first-order valence-electron chi connectivity index (χ1n) is 7.25. The van der Waals surface area contributed by atoms with Crippen LogP contribution in [0.3, 0.4) is 0 Å². The Morgan fingerprint density at radius 3 is 2.70 bits per heavy atom. The molecule has 4 heteroatoms. The van der Waals surface area contributed by atoms with E-state index in [9.17, 15) is 9.90 Å². The lowest BCUT2D eigenvalue weighted by molar-refractivity contribution is 0.0697. The predicted octanol–water partition coefficient (Wildman–Crippen LogP) is 4.65. The van der Waals surface area contributed by atoms with Crippen molar-refractivity contribution in [2.75, 3.05) is 0 Å². The van der Waals surface area contributed by atoms with Crippen molar-refractivity contribution in [3.63, 3.8) is 0 Å². The number of aromatic carboxylic acids is 1. The van der Waals surface area contributed by atoms with Crippen molar-refractivity contribution in [1.82, 2.24) is 4.98 Å². The van der Waals surface area contributed by atoms with E-state index in [0.717, 1.165) is 27.4 Å². The number of carbonyl (C=O) groups is 1. The molecule has 4 nitrogen and oxygen atoms in total. The lowest BCUT2D eigenvalue weighted by Gasteiger charge is -2.05. The summed E-state index contributed by atoms with van der Waals surface area (Å²) in [6.07, 6.45) is 0. The molecule has 2 aromatic carbocycles. The summed E-state index contributed by atoms with van der Waals surface area (Å²) in [5.74, 6) is -0.552. The van der Waals surface area contributed by atoms with E-state index < -0.39 is 5.97 Å². The maximum absolute atomic E-state index is 11.6. The zero-order chi connectivity index (χ0) is 16.0. The van der Waals surface area contributed by atoms with Crippen molar-refractivity contribution in [3.05, 3.63) is 65.7 Å². The summed E-state index contributed by atoms with van der Waals surface area (Å²) in [5, 5.41) is 11.2. The molecule has 2 heterocycles. The Kier molecular flexibility index (Phi) is 2.91. The minimum absolute atomic E-state index is 0.138. The molecule has 0 saturated carbocycles. The van der Waals surface area contributed by atoms with Crippen LogP contribution in [0.2, 0.25) is 0 Å². The van der Waals surface area contributed by atoms with Crippen molar-refractivity contribution >= 4 is 27.8 Å². The summed E-state index contributed by atoms with van der Waals surface area (Å²) in [6.45, 7) is 1.98. The number of rotatable bonds is 2. The largest absolute Gasteiger partial charge is 0.478 e. The van der Waals surface area contributed by atoms with E-state index in [1.807, 2.05) is 55.5 Å². The number of carboxylic acid groups (broad SMARTS) is 1. The molecule has 0 bridgehead atoms. The Bertz CT molecular complexity index is 1060. The zero-order valence-electron chi connectivity index (χ0n) is 12.4. The van der Waals surface area contributed by atoms with E-state index in [0.29, 0.717) is 11.5 Å². The molecule has 0 fully saturated rings. The molecule has 1 N–H and O–H groups in total. The maximum atomic E-state index is 11.6. The Morgan fingerprint density at radius 1 is 1.04 bits per heavy atom. The Balaban J connectivity index is 2.01. The molecule has 0 unspecified atom stereocenters. The molecule has 0 aliphatic carbocycles. The van der Waals surface area contributed by atoms with Crippen LogP contribution in [0, 0.1) is 6.92 Å². The number of aromatic nitrogens is 1. The first kappa shape index (κ1) is 13.5. The number of nitrogens with zero attached hydrogens (tertiary/aromatic N) is 1. The van der Waals surface area contributed by atoms with Crippen LogP contribution in [-0.4, -0.2) is 16.1 Å². The monoisotopic (exact) mass is 303 g/mol. The normalized spacial score (nSPS) is 11.2. The second kappa shape index (κ2) is 4.95.